The molecule has 0 aromatic heterocycles. The fraction of sp³-hybridized carbons (Fsp3) is 0.409. The van der Waals surface area contributed by atoms with E-state index in [1.165, 1.54) is 11.8 Å². The van der Waals surface area contributed by atoms with Crippen molar-refractivity contribution >= 4 is 23.0 Å². The van der Waals surface area contributed by atoms with Crippen LogP contribution >= 0.6 is 0 Å². The number of piperazine rings is 1. The lowest BCUT2D eigenvalue weighted by Gasteiger charge is -2.37. The van der Waals surface area contributed by atoms with Crippen LogP contribution < -0.4 is 15.1 Å². The van der Waals surface area contributed by atoms with Crippen molar-refractivity contribution in [3.8, 4) is 0 Å². The van der Waals surface area contributed by atoms with Gasteiger partial charge in [-0.1, -0.05) is 32.0 Å². The highest BCUT2D eigenvalue weighted by molar-refractivity contribution is 5.92. The molecule has 0 saturated carbocycles. The van der Waals surface area contributed by atoms with Crippen LogP contribution in [0.5, 0.6) is 0 Å². The number of carbonyl (C=O) groups is 1. The molecular formula is C22H28FN3O. The first kappa shape index (κ1) is 19.2. The van der Waals surface area contributed by atoms with Crippen LogP contribution in [0.1, 0.15) is 26.7 Å². The quantitative estimate of drug-likeness (QED) is 0.813. The maximum absolute atomic E-state index is 14.7. The Bertz CT molecular complexity index is 753. The summed E-state index contributed by atoms with van der Waals surface area (Å²) in [6, 6.07) is 15.3. The molecule has 1 amide bonds. The number of amides is 1. The molecule has 4 nitrogen and oxygen atoms in total. The number of carbonyl (C=O) groups excluding carboxylic acids is 1. The molecule has 1 aliphatic rings. The minimum absolute atomic E-state index is 0.0289. The van der Waals surface area contributed by atoms with Crippen molar-refractivity contribution < 1.29 is 9.18 Å². The maximum atomic E-state index is 14.7. The average molecular weight is 369 g/mol. The number of rotatable bonds is 6. The first-order valence-corrected chi connectivity index (χ1v) is 9.77. The number of halogens is 1. The fourth-order valence-electron chi connectivity index (χ4n) is 3.59. The standard InChI is InChI=1S/C22H28FN3O/c1-3-17(4-2)22(27)24-18-10-11-21(20(23)16-18)26-14-12-25(13-15-26)19-8-6-5-7-9-19/h5-11,16-17H,3-4,12-15H2,1-2H3,(H,24,27). The smallest absolute Gasteiger partial charge is 0.227 e. The van der Waals surface area contributed by atoms with Gasteiger partial charge in [0.15, 0.2) is 0 Å². The summed E-state index contributed by atoms with van der Waals surface area (Å²) in [4.78, 5) is 16.6. The number of nitrogens with one attached hydrogen (secondary N) is 1. The van der Waals surface area contributed by atoms with E-state index in [2.05, 4.69) is 27.2 Å². The second kappa shape index (κ2) is 8.89. The van der Waals surface area contributed by atoms with E-state index in [-0.39, 0.29) is 17.6 Å². The van der Waals surface area contributed by atoms with E-state index in [0.29, 0.717) is 11.4 Å². The van der Waals surface area contributed by atoms with E-state index in [9.17, 15) is 9.18 Å². The summed E-state index contributed by atoms with van der Waals surface area (Å²) < 4.78 is 14.7. The van der Waals surface area contributed by atoms with Crippen molar-refractivity contribution in [3.63, 3.8) is 0 Å². The van der Waals surface area contributed by atoms with Gasteiger partial charge < -0.3 is 15.1 Å². The number of hydrogen-bond donors (Lipinski definition) is 1. The van der Waals surface area contributed by atoms with Crippen molar-refractivity contribution in [2.24, 2.45) is 5.92 Å². The van der Waals surface area contributed by atoms with Gasteiger partial charge in [-0.05, 0) is 43.2 Å². The summed E-state index contributed by atoms with van der Waals surface area (Å²) in [6.45, 7) is 7.24. The van der Waals surface area contributed by atoms with Gasteiger partial charge in [-0.3, -0.25) is 4.79 Å². The van der Waals surface area contributed by atoms with Crippen molar-refractivity contribution in [3.05, 3.63) is 54.3 Å². The van der Waals surface area contributed by atoms with E-state index in [0.717, 1.165) is 39.0 Å². The minimum Gasteiger partial charge on any atom is -0.368 e. The monoisotopic (exact) mass is 369 g/mol. The van der Waals surface area contributed by atoms with Crippen LogP contribution in [0.4, 0.5) is 21.5 Å². The Morgan fingerprint density at radius 1 is 1.00 bits per heavy atom. The predicted molar refractivity (Wildman–Crippen MR) is 110 cm³/mol. The Balaban J connectivity index is 1.62. The minimum atomic E-state index is -0.287. The molecule has 2 aromatic carbocycles. The Hall–Kier alpha value is -2.56. The van der Waals surface area contributed by atoms with Crippen LogP contribution in [0, 0.1) is 11.7 Å². The maximum Gasteiger partial charge on any atom is 0.227 e. The molecule has 3 rings (SSSR count). The third-order valence-electron chi connectivity index (χ3n) is 5.31. The zero-order valence-corrected chi connectivity index (χ0v) is 16.1. The molecule has 0 unspecified atom stereocenters. The topological polar surface area (TPSA) is 35.6 Å². The van der Waals surface area contributed by atoms with Crippen molar-refractivity contribution in [1.29, 1.82) is 0 Å². The van der Waals surface area contributed by atoms with Gasteiger partial charge in [-0.25, -0.2) is 4.39 Å². The molecule has 2 aromatic rings. The molecule has 1 saturated heterocycles. The van der Waals surface area contributed by atoms with Crippen LogP contribution in [0.2, 0.25) is 0 Å². The third-order valence-corrected chi connectivity index (χ3v) is 5.31. The van der Waals surface area contributed by atoms with E-state index in [1.807, 2.05) is 32.0 Å². The van der Waals surface area contributed by atoms with Crippen molar-refractivity contribution in [2.45, 2.75) is 26.7 Å². The molecule has 1 fully saturated rings. The molecule has 144 valence electrons. The second-order valence-corrected chi connectivity index (χ2v) is 6.98. The van der Waals surface area contributed by atoms with Gasteiger partial charge in [0, 0.05) is 43.5 Å². The molecule has 0 atom stereocenters. The summed E-state index contributed by atoms with van der Waals surface area (Å²) >= 11 is 0. The zero-order chi connectivity index (χ0) is 19.2. The molecular weight excluding hydrogens is 341 g/mol. The fourth-order valence-corrected chi connectivity index (χ4v) is 3.59. The molecule has 0 aliphatic carbocycles. The van der Waals surface area contributed by atoms with E-state index >= 15 is 0 Å². The molecule has 5 heteroatoms. The van der Waals surface area contributed by atoms with Gasteiger partial charge in [0.25, 0.3) is 0 Å². The highest BCUT2D eigenvalue weighted by atomic mass is 19.1. The van der Waals surface area contributed by atoms with Gasteiger partial charge in [-0.2, -0.15) is 0 Å². The first-order chi connectivity index (χ1) is 13.1. The summed E-state index contributed by atoms with van der Waals surface area (Å²) in [7, 11) is 0. The molecule has 1 heterocycles. The van der Waals surface area contributed by atoms with Crippen LogP contribution in [-0.4, -0.2) is 32.1 Å². The lowest BCUT2D eigenvalue weighted by atomic mass is 10.0. The summed E-state index contributed by atoms with van der Waals surface area (Å²) in [5, 5.41) is 2.84. The molecule has 1 aliphatic heterocycles. The van der Waals surface area contributed by atoms with Crippen molar-refractivity contribution in [1.82, 2.24) is 0 Å². The van der Waals surface area contributed by atoms with E-state index < -0.39 is 0 Å². The van der Waals surface area contributed by atoms with Gasteiger partial charge in [0.1, 0.15) is 5.82 Å². The highest BCUT2D eigenvalue weighted by Gasteiger charge is 2.20. The second-order valence-electron chi connectivity index (χ2n) is 6.98. The highest BCUT2D eigenvalue weighted by Crippen LogP contribution is 2.26. The average Bonchev–Trinajstić information content (AvgIpc) is 2.70. The zero-order valence-electron chi connectivity index (χ0n) is 16.1. The van der Waals surface area contributed by atoms with E-state index in [1.54, 1.807) is 12.1 Å². The van der Waals surface area contributed by atoms with Gasteiger partial charge in [0.2, 0.25) is 5.91 Å². The summed E-state index contributed by atoms with van der Waals surface area (Å²) in [5.41, 5.74) is 2.33. The lowest BCUT2D eigenvalue weighted by molar-refractivity contribution is -0.120. The number of hydrogen-bond acceptors (Lipinski definition) is 3. The van der Waals surface area contributed by atoms with Crippen LogP contribution in [0.3, 0.4) is 0 Å². The molecule has 27 heavy (non-hydrogen) atoms. The van der Waals surface area contributed by atoms with Crippen LogP contribution in [0.25, 0.3) is 0 Å². The van der Waals surface area contributed by atoms with Crippen LogP contribution in [0.15, 0.2) is 48.5 Å². The first-order valence-electron chi connectivity index (χ1n) is 9.77. The molecule has 0 bridgehead atoms. The Labute approximate surface area is 161 Å². The van der Waals surface area contributed by atoms with Gasteiger partial charge >= 0.3 is 0 Å². The molecule has 0 spiro atoms. The summed E-state index contributed by atoms with van der Waals surface area (Å²) in [6.07, 6.45) is 1.57. The predicted octanol–water partition coefficient (Wildman–Crippen LogP) is 4.53. The van der Waals surface area contributed by atoms with E-state index in [4.69, 9.17) is 0 Å². The normalized spacial score (nSPS) is 14.5. The lowest BCUT2D eigenvalue weighted by Crippen LogP contribution is -2.46. The Morgan fingerprint density at radius 2 is 1.63 bits per heavy atom. The molecule has 0 radical (unpaired) electrons. The Morgan fingerprint density at radius 3 is 2.22 bits per heavy atom. The number of para-hydroxylation sites is 1. The largest absolute Gasteiger partial charge is 0.368 e. The summed E-state index contributed by atoms with van der Waals surface area (Å²) in [5.74, 6) is -0.354. The van der Waals surface area contributed by atoms with Gasteiger partial charge in [-0.15, -0.1) is 0 Å². The van der Waals surface area contributed by atoms with Gasteiger partial charge in [0.05, 0.1) is 5.69 Å². The number of anilines is 3. The number of nitrogens with zero attached hydrogens (tertiary/aromatic N) is 2. The Kier molecular flexibility index (Phi) is 6.32. The number of benzene rings is 2. The van der Waals surface area contributed by atoms with Crippen LogP contribution in [-0.2, 0) is 4.79 Å². The SMILES string of the molecule is CCC(CC)C(=O)Nc1ccc(N2CCN(c3ccccc3)CC2)c(F)c1. The molecule has 1 N–H and O–H groups in total. The third kappa shape index (κ3) is 4.59. The van der Waals surface area contributed by atoms with Crippen molar-refractivity contribution in [2.75, 3.05) is 41.3 Å².